The van der Waals surface area contributed by atoms with Gasteiger partial charge < -0.3 is 31.9 Å². The third kappa shape index (κ3) is 11.3. The Kier molecular flexibility index (Phi) is 13.5. The number of carboxylic acid groups (broad SMARTS) is 1. The summed E-state index contributed by atoms with van der Waals surface area (Å²) in [4.78, 5) is 51.5. The number of hydrogen-bond donors (Lipinski definition) is 6. The van der Waals surface area contributed by atoms with Gasteiger partial charge in [-0.15, -0.1) is 0 Å². The molecule has 0 aliphatic rings. The van der Waals surface area contributed by atoms with Crippen LogP contribution in [0.1, 0.15) is 37.8 Å². The van der Waals surface area contributed by atoms with E-state index in [0.717, 1.165) is 5.56 Å². The molecule has 218 valence electrons. The normalized spacial score (nSPS) is 14.0. The number of aliphatic carboxylic acids is 1. The number of rotatable bonds is 16. The Labute approximate surface area is 239 Å². The van der Waals surface area contributed by atoms with Gasteiger partial charge in [0.25, 0.3) is 0 Å². The molecule has 7 N–H and O–H groups in total. The number of amides is 3. The van der Waals surface area contributed by atoms with Crippen molar-refractivity contribution in [2.24, 2.45) is 11.7 Å². The van der Waals surface area contributed by atoms with E-state index in [9.17, 15) is 29.4 Å². The Morgan fingerprint density at radius 3 is 1.90 bits per heavy atom. The highest BCUT2D eigenvalue weighted by molar-refractivity contribution is 7.98. The van der Waals surface area contributed by atoms with Gasteiger partial charge >= 0.3 is 5.97 Å². The van der Waals surface area contributed by atoms with E-state index in [1.165, 1.54) is 23.9 Å². The predicted molar refractivity (Wildman–Crippen MR) is 156 cm³/mol. The summed E-state index contributed by atoms with van der Waals surface area (Å²) in [5.41, 5.74) is 7.38. The zero-order valence-electron chi connectivity index (χ0n) is 23.1. The minimum atomic E-state index is -1.27. The smallest absolute Gasteiger partial charge is 0.326 e. The van der Waals surface area contributed by atoms with Gasteiger partial charge in [0.1, 0.15) is 23.9 Å². The number of nitrogens with two attached hydrogens (primary N) is 1. The predicted octanol–water partition coefficient (Wildman–Crippen LogP) is 1.84. The zero-order chi connectivity index (χ0) is 29.7. The van der Waals surface area contributed by atoms with Crippen molar-refractivity contribution in [3.8, 4) is 5.75 Å². The molecular weight excluding hydrogens is 532 g/mol. The van der Waals surface area contributed by atoms with Crippen LogP contribution in [0.5, 0.6) is 5.75 Å². The number of nitrogens with one attached hydrogen (secondary N) is 3. The molecule has 40 heavy (non-hydrogen) atoms. The van der Waals surface area contributed by atoms with Crippen molar-refractivity contribution in [3.63, 3.8) is 0 Å². The Morgan fingerprint density at radius 1 is 0.800 bits per heavy atom. The Morgan fingerprint density at radius 2 is 1.32 bits per heavy atom. The summed E-state index contributed by atoms with van der Waals surface area (Å²) < 4.78 is 0. The lowest BCUT2D eigenvalue weighted by Crippen LogP contribution is -2.58. The fourth-order valence-corrected chi connectivity index (χ4v) is 4.54. The summed E-state index contributed by atoms with van der Waals surface area (Å²) in [6.45, 7) is 3.90. The summed E-state index contributed by atoms with van der Waals surface area (Å²) in [7, 11) is 0. The molecule has 0 radical (unpaired) electrons. The zero-order valence-corrected chi connectivity index (χ0v) is 23.9. The third-order valence-corrected chi connectivity index (χ3v) is 6.86. The second kappa shape index (κ2) is 16.5. The summed E-state index contributed by atoms with van der Waals surface area (Å²) >= 11 is 1.51. The van der Waals surface area contributed by atoms with Crippen LogP contribution in [-0.4, -0.2) is 70.1 Å². The number of aromatic hydroxyl groups is 1. The summed E-state index contributed by atoms with van der Waals surface area (Å²) in [5.74, 6) is -2.09. The number of benzene rings is 2. The second-order valence-electron chi connectivity index (χ2n) is 10.1. The van der Waals surface area contributed by atoms with Gasteiger partial charge in [-0.1, -0.05) is 56.3 Å². The SMILES string of the molecule is CSCCC(NC(=O)C(N)CC(C)C)C(=O)NC(Cc1ccccc1)C(=O)NC(Cc1ccc(O)cc1)C(=O)O. The summed E-state index contributed by atoms with van der Waals surface area (Å²) in [6, 6.07) is 11.0. The van der Waals surface area contributed by atoms with Crippen LogP contribution in [0.4, 0.5) is 0 Å². The fourth-order valence-electron chi connectivity index (χ4n) is 4.07. The first-order chi connectivity index (χ1) is 19.0. The molecule has 3 amide bonds. The average Bonchev–Trinajstić information content (AvgIpc) is 2.91. The molecule has 0 aliphatic carbocycles. The van der Waals surface area contributed by atoms with Crippen LogP contribution in [0.15, 0.2) is 54.6 Å². The van der Waals surface area contributed by atoms with Crippen molar-refractivity contribution in [2.45, 2.75) is 63.7 Å². The van der Waals surface area contributed by atoms with Gasteiger partial charge in [0.15, 0.2) is 0 Å². The Balaban J connectivity index is 2.23. The highest BCUT2D eigenvalue weighted by Gasteiger charge is 2.30. The van der Waals surface area contributed by atoms with Crippen LogP contribution in [0.2, 0.25) is 0 Å². The number of carboxylic acids is 1. The van der Waals surface area contributed by atoms with Gasteiger partial charge in [0.05, 0.1) is 6.04 Å². The fraction of sp³-hybridized carbons (Fsp3) is 0.448. The monoisotopic (exact) mass is 572 g/mol. The number of phenols is 1. The van der Waals surface area contributed by atoms with Gasteiger partial charge in [-0.2, -0.15) is 11.8 Å². The molecule has 0 bridgehead atoms. The van der Waals surface area contributed by atoms with Crippen molar-refractivity contribution in [2.75, 3.05) is 12.0 Å². The molecular formula is C29H40N4O6S. The maximum atomic E-state index is 13.4. The summed E-state index contributed by atoms with van der Waals surface area (Å²) in [5, 5.41) is 27.3. The number of thioether (sulfide) groups is 1. The quantitative estimate of drug-likeness (QED) is 0.177. The maximum Gasteiger partial charge on any atom is 0.326 e. The lowest BCUT2D eigenvalue weighted by Gasteiger charge is -2.25. The molecule has 4 atom stereocenters. The second-order valence-corrected chi connectivity index (χ2v) is 11.1. The van der Waals surface area contributed by atoms with Crippen molar-refractivity contribution >= 4 is 35.5 Å². The van der Waals surface area contributed by atoms with Crippen LogP contribution >= 0.6 is 11.8 Å². The molecule has 2 aromatic rings. The number of carbonyl (C=O) groups is 4. The molecule has 0 aromatic heterocycles. The minimum absolute atomic E-state index is 0.0203. The molecule has 10 nitrogen and oxygen atoms in total. The van der Waals surface area contributed by atoms with Crippen molar-refractivity contribution in [1.29, 1.82) is 0 Å². The van der Waals surface area contributed by atoms with E-state index in [2.05, 4.69) is 16.0 Å². The van der Waals surface area contributed by atoms with Crippen LogP contribution in [0.25, 0.3) is 0 Å². The molecule has 0 spiro atoms. The molecule has 0 saturated carbocycles. The highest BCUT2D eigenvalue weighted by Crippen LogP contribution is 2.13. The highest BCUT2D eigenvalue weighted by atomic mass is 32.2. The number of phenolic OH excluding ortho intramolecular Hbond substituents is 1. The largest absolute Gasteiger partial charge is 0.508 e. The van der Waals surface area contributed by atoms with Crippen molar-refractivity contribution < 1.29 is 29.4 Å². The lowest BCUT2D eigenvalue weighted by atomic mass is 10.0. The van der Waals surface area contributed by atoms with Gasteiger partial charge in [-0.3, -0.25) is 14.4 Å². The standard InChI is InChI=1S/C29H40N4O6S/c1-18(2)15-22(30)26(35)31-23(13-14-40-3)27(36)32-24(16-19-7-5-4-6-8-19)28(37)33-25(29(38)39)17-20-9-11-21(34)12-10-20/h4-12,18,22-25,34H,13-17,30H2,1-3H3,(H,31,35)(H,32,36)(H,33,37)(H,38,39). The first-order valence-corrected chi connectivity index (χ1v) is 14.6. The maximum absolute atomic E-state index is 13.4. The van der Waals surface area contributed by atoms with E-state index >= 15 is 0 Å². The molecule has 11 heteroatoms. The number of carbonyl (C=O) groups excluding carboxylic acids is 3. The first-order valence-electron chi connectivity index (χ1n) is 13.2. The average molecular weight is 573 g/mol. The van der Waals surface area contributed by atoms with Crippen molar-refractivity contribution in [1.82, 2.24) is 16.0 Å². The van der Waals surface area contributed by atoms with E-state index in [1.54, 1.807) is 36.4 Å². The van der Waals surface area contributed by atoms with Gasteiger partial charge in [0.2, 0.25) is 17.7 Å². The van der Waals surface area contributed by atoms with E-state index in [-0.39, 0.29) is 24.5 Å². The Hall–Kier alpha value is -3.57. The van der Waals surface area contributed by atoms with Gasteiger partial charge in [0, 0.05) is 12.8 Å². The van der Waals surface area contributed by atoms with Crippen LogP contribution in [0, 0.1) is 5.92 Å². The molecule has 2 aromatic carbocycles. The molecule has 0 aliphatic heterocycles. The van der Waals surface area contributed by atoms with E-state index in [0.29, 0.717) is 24.2 Å². The van der Waals surface area contributed by atoms with Crippen LogP contribution in [0.3, 0.4) is 0 Å². The van der Waals surface area contributed by atoms with Gasteiger partial charge in [-0.05, 0) is 54.0 Å². The van der Waals surface area contributed by atoms with Crippen molar-refractivity contribution in [3.05, 3.63) is 65.7 Å². The molecule has 2 rings (SSSR count). The Bertz CT molecular complexity index is 1110. The van der Waals surface area contributed by atoms with Crippen LogP contribution < -0.4 is 21.7 Å². The van der Waals surface area contributed by atoms with Gasteiger partial charge in [-0.25, -0.2) is 4.79 Å². The summed E-state index contributed by atoms with van der Waals surface area (Å²) in [6.07, 6.45) is 2.76. The first kappa shape index (κ1) is 32.6. The minimum Gasteiger partial charge on any atom is -0.508 e. The molecule has 0 fully saturated rings. The van der Waals surface area contributed by atoms with E-state index < -0.39 is 47.9 Å². The van der Waals surface area contributed by atoms with E-state index in [4.69, 9.17) is 5.73 Å². The lowest BCUT2D eigenvalue weighted by molar-refractivity contribution is -0.142. The van der Waals surface area contributed by atoms with E-state index in [1.807, 2.05) is 26.2 Å². The van der Waals surface area contributed by atoms with Crippen LogP contribution in [-0.2, 0) is 32.0 Å². The number of hydrogen-bond acceptors (Lipinski definition) is 7. The molecule has 0 heterocycles. The molecule has 0 saturated heterocycles. The third-order valence-electron chi connectivity index (χ3n) is 6.21. The topological polar surface area (TPSA) is 171 Å². The molecule has 4 unspecified atom stereocenters.